The lowest BCUT2D eigenvalue weighted by atomic mass is 9.95. The van der Waals surface area contributed by atoms with E-state index in [2.05, 4.69) is 24.3 Å². The molecular formula is C24H22O4. The summed E-state index contributed by atoms with van der Waals surface area (Å²) in [6, 6.07) is 16.1. The Balaban J connectivity index is 2.13. The van der Waals surface area contributed by atoms with Crippen LogP contribution in [0.5, 0.6) is 0 Å². The summed E-state index contributed by atoms with van der Waals surface area (Å²) in [5, 5.41) is 4.19. The smallest absolute Gasteiger partial charge is 0.330 e. The molecule has 0 N–H and O–H groups in total. The van der Waals surface area contributed by atoms with Crippen LogP contribution in [0.15, 0.2) is 60.7 Å². The second kappa shape index (κ2) is 9.00. The van der Waals surface area contributed by atoms with Gasteiger partial charge in [0.15, 0.2) is 0 Å². The van der Waals surface area contributed by atoms with Crippen LogP contribution in [0.4, 0.5) is 0 Å². The van der Waals surface area contributed by atoms with Crippen LogP contribution in [0.25, 0.3) is 33.7 Å². The summed E-state index contributed by atoms with van der Waals surface area (Å²) in [7, 11) is 0. The number of carbonyl (C=O) groups excluding carboxylic acids is 2. The molecule has 0 saturated carbocycles. The summed E-state index contributed by atoms with van der Waals surface area (Å²) in [5.41, 5.74) is 1.81. The van der Waals surface area contributed by atoms with Crippen LogP contribution < -0.4 is 0 Å². The molecule has 0 fully saturated rings. The van der Waals surface area contributed by atoms with E-state index in [0.29, 0.717) is 13.2 Å². The fraction of sp³-hybridized carbons (Fsp3) is 0.167. The number of ether oxygens (including phenoxy) is 2. The molecule has 0 aliphatic carbocycles. The van der Waals surface area contributed by atoms with Crippen molar-refractivity contribution >= 4 is 45.6 Å². The topological polar surface area (TPSA) is 52.6 Å². The van der Waals surface area contributed by atoms with E-state index in [0.717, 1.165) is 32.7 Å². The third kappa shape index (κ3) is 4.46. The minimum absolute atomic E-state index is 0.339. The molecule has 142 valence electrons. The zero-order valence-electron chi connectivity index (χ0n) is 16.0. The average Bonchev–Trinajstić information content (AvgIpc) is 2.70. The number of hydrogen-bond acceptors (Lipinski definition) is 4. The van der Waals surface area contributed by atoms with E-state index in [1.54, 1.807) is 26.0 Å². The van der Waals surface area contributed by atoms with Gasteiger partial charge in [-0.05, 0) is 70.8 Å². The van der Waals surface area contributed by atoms with E-state index in [4.69, 9.17) is 9.47 Å². The van der Waals surface area contributed by atoms with E-state index in [1.807, 2.05) is 24.3 Å². The SMILES string of the molecule is CCOC(=O)C=Cc1ccc(C=CC(=O)OCC)c2cc3ccccc3cc12. The van der Waals surface area contributed by atoms with Crippen LogP contribution in [0.1, 0.15) is 25.0 Å². The zero-order chi connectivity index (χ0) is 19.9. The van der Waals surface area contributed by atoms with Crippen LogP contribution >= 0.6 is 0 Å². The summed E-state index contributed by atoms with van der Waals surface area (Å²) in [6.45, 7) is 4.23. The first-order valence-corrected chi connectivity index (χ1v) is 9.27. The van der Waals surface area contributed by atoms with E-state index in [1.165, 1.54) is 12.2 Å². The van der Waals surface area contributed by atoms with Gasteiger partial charge in [0.25, 0.3) is 0 Å². The summed E-state index contributed by atoms with van der Waals surface area (Å²) < 4.78 is 9.94. The van der Waals surface area contributed by atoms with Gasteiger partial charge in [-0.2, -0.15) is 0 Å². The molecule has 0 radical (unpaired) electrons. The van der Waals surface area contributed by atoms with Crippen molar-refractivity contribution in [3.05, 3.63) is 71.8 Å². The second-order valence-electron chi connectivity index (χ2n) is 6.16. The third-order valence-electron chi connectivity index (χ3n) is 4.32. The van der Waals surface area contributed by atoms with Crippen molar-refractivity contribution < 1.29 is 19.1 Å². The monoisotopic (exact) mass is 374 g/mol. The van der Waals surface area contributed by atoms with Gasteiger partial charge >= 0.3 is 11.9 Å². The molecule has 3 aromatic carbocycles. The Morgan fingerprint density at radius 3 is 1.57 bits per heavy atom. The standard InChI is InChI=1S/C24H22O4/c1-3-27-23(25)13-11-17-9-10-18(12-14-24(26)28-4-2)22-16-20-8-6-5-7-19(20)15-21(17)22/h5-16H,3-4H2,1-2H3. The van der Waals surface area contributed by atoms with E-state index < -0.39 is 0 Å². The molecule has 0 amide bonds. The van der Waals surface area contributed by atoms with Gasteiger partial charge in [0.05, 0.1) is 13.2 Å². The molecule has 4 nitrogen and oxygen atoms in total. The molecule has 0 bridgehead atoms. The maximum atomic E-state index is 11.7. The molecule has 0 spiro atoms. The Kier molecular flexibility index (Phi) is 6.22. The molecule has 4 heteroatoms. The number of hydrogen-bond donors (Lipinski definition) is 0. The van der Waals surface area contributed by atoms with Gasteiger partial charge in [-0.3, -0.25) is 0 Å². The molecule has 3 aromatic rings. The maximum absolute atomic E-state index is 11.7. The first-order chi connectivity index (χ1) is 13.6. The molecule has 28 heavy (non-hydrogen) atoms. The van der Waals surface area contributed by atoms with Crippen LogP contribution in [-0.2, 0) is 19.1 Å². The Labute approximate surface area is 164 Å². The molecule has 3 rings (SSSR count). The minimum Gasteiger partial charge on any atom is -0.463 e. The van der Waals surface area contributed by atoms with Crippen LogP contribution in [0.3, 0.4) is 0 Å². The number of rotatable bonds is 6. The van der Waals surface area contributed by atoms with E-state index >= 15 is 0 Å². The number of carbonyl (C=O) groups is 2. The molecule has 0 saturated heterocycles. The Morgan fingerprint density at radius 2 is 1.18 bits per heavy atom. The van der Waals surface area contributed by atoms with E-state index in [9.17, 15) is 9.59 Å². The number of benzene rings is 3. The molecular weight excluding hydrogens is 352 g/mol. The van der Waals surface area contributed by atoms with Crippen molar-refractivity contribution in [2.45, 2.75) is 13.8 Å². The summed E-state index contributed by atoms with van der Waals surface area (Å²) in [4.78, 5) is 23.4. The van der Waals surface area contributed by atoms with Gasteiger partial charge in [0.1, 0.15) is 0 Å². The van der Waals surface area contributed by atoms with Gasteiger partial charge in [0, 0.05) is 12.2 Å². The van der Waals surface area contributed by atoms with Crippen molar-refractivity contribution in [2.75, 3.05) is 13.2 Å². The Morgan fingerprint density at radius 1 is 0.750 bits per heavy atom. The highest BCUT2D eigenvalue weighted by Gasteiger charge is 2.07. The first-order valence-electron chi connectivity index (χ1n) is 9.27. The summed E-state index contributed by atoms with van der Waals surface area (Å²) >= 11 is 0. The van der Waals surface area contributed by atoms with Gasteiger partial charge in [-0.1, -0.05) is 36.4 Å². The van der Waals surface area contributed by atoms with Crippen molar-refractivity contribution in [1.29, 1.82) is 0 Å². The lowest BCUT2D eigenvalue weighted by Crippen LogP contribution is -1.99. The van der Waals surface area contributed by atoms with Crippen LogP contribution in [0.2, 0.25) is 0 Å². The van der Waals surface area contributed by atoms with Gasteiger partial charge in [-0.15, -0.1) is 0 Å². The first kappa shape index (κ1) is 19.4. The number of esters is 2. The second-order valence-corrected chi connectivity index (χ2v) is 6.16. The highest BCUT2D eigenvalue weighted by molar-refractivity contribution is 6.06. The minimum atomic E-state index is -0.372. The van der Waals surface area contributed by atoms with Crippen molar-refractivity contribution in [2.24, 2.45) is 0 Å². The normalized spacial score (nSPS) is 11.5. The van der Waals surface area contributed by atoms with Crippen LogP contribution in [0, 0.1) is 0 Å². The lowest BCUT2D eigenvalue weighted by Gasteiger charge is -2.09. The van der Waals surface area contributed by atoms with Gasteiger partial charge in [0.2, 0.25) is 0 Å². The van der Waals surface area contributed by atoms with Crippen molar-refractivity contribution in [3.63, 3.8) is 0 Å². The molecule has 0 atom stereocenters. The predicted octanol–water partition coefficient (Wildman–Crippen LogP) is 5.15. The Bertz CT molecular complexity index is 991. The van der Waals surface area contributed by atoms with Gasteiger partial charge < -0.3 is 9.47 Å². The summed E-state index contributed by atoms with van der Waals surface area (Å²) in [5.74, 6) is -0.745. The van der Waals surface area contributed by atoms with Crippen molar-refractivity contribution in [1.82, 2.24) is 0 Å². The molecule has 0 heterocycles. The largest absolute Gasteiger partial charge is 0.463 e. The van der Waals surface area contributed by atoms with Gasteiger partial charge in [-0.25, -0.2) is 9.59 Å². The zero-order valence-corrected chi connectivity index (χ0v) is 16.0. The lowest BCUT2D eigenvalue weighted by molar-refractivity contribution is -0.138. The van der Waals surface area contributed by atoms with Crippen LogP contribution in [-0.4, -0.2) is 25.2 Å². The highest BCUT2D eigenvalue weighted by Crippen LogP contribution is 2.30. The maximum Gasteiger partial charge on any atom is 0.330 e. The van der Waals surface area contributed by atoms with E-state index in [-0.39, 0.29) is 11.9 Å². The Hall–Kier alpha value is -3.40. The average molecular weight is 374 g/mol. The third-order valence-corrected chi connectivity index (χ3v) is 4.32. The predicted molar refractivity (Wildman–Crippen MR) is 113 cm³/mol. The summed E-state index contributed by atoms with van der Waals surface area (Å²) in [6.07, 6.45) is 6.38. The highest BCUT2D eigenvalue weighted by atomic mass is 16.5. The van der Waals surface area contributed by atoms with Crippen molar-refractivity contribution in [3.8, 4) is 0 Å². The number of fused-ring (bicyclic) bond motifs is 2. The molecule has 0 aromatic heterocycles. The quantitative estimate of drug-likeness (QED) is 0.340. The fourth-order valence-corrected chi connectivity index (χ4v) is 3.06. The molecule has 0 aliphatic rings. The molecule has 0 unspecified atom stereocenters. The molecule has 0 aliphatic heterocycles. The fourth-order valence-electron chi connectivity index (χ4n) is 3.06.